The molecule has 0 atom stereocenters. The zero-order chi connectivity index (χ0) is 20.1. The summed E-state index contributed by atoms with van der Waals surface area (Å²) in [5.74, 6) is 2.13. The van der Waals surface area contributed by atoms with E-state index in [2.05, 4.69) is 29.9 Å². The number of anilines is 2. The largest absolute Gasteiger partial charge is 0.356 e. The molecule has 2 N–H and O–H groups in total. The van der Waals surface area contributed by atoms with E-state index in [1.807, 2.05) is 19.9 Å². The molecule has 0 bridgehead atoms. The Bertz CT molecular complexity index is 905. The first-order valence-electron chi connectivity index (χ1n) is 9.77. The van der Waals surface area contributed by atoms with Crippen LogP contribution in [0.5, 0.6) is 0 Å². The maximum Gasteiger partial charge on any atom is 0.259 e. The number of nitrogens with zero attached hydrogens (tertiary/aromatic N) is 5. The van der Waals surface area contributed by atoms with Gasteiger partial charge in [0.2, 0.25) is 5.95 Å². The SMILES string of the molecule is CCn1cc(S(=O)(=O)NCCNc2nc(C)cc(N3CCCCC3)n2)nc1C. The molecule has 0 aliphatic carbocycles. The van der Waals surface area contributed by atoms with Crippen LogP contribution in [0.15, 0.2) is 17.3 Å². The highest BCUT2D eigenvalue weighted by atomic mass is 32.2. The first-order valence-corrected chi connectivity index (χ1v) is 11.3. The Hall–Kier alpha value is -2.20. The summed E-state index contributed by atoms with van der Waals surface area (Å²) in [6.07, 6.45) is 5.18. The van der Waals surface area contributed by atoms with Gasteiger partial charge in [-0.2, -0.15) is 4.98 Å². The first-order chi connectivity index (χ1) is 13.4. The zero-order valence-corrected chi connectivity index (χ0v) is 17.6. The monoisotopic (exact) mass is 407 g/mol. The Morgan fingerprint density at radius 2 is 1.82 bits per heavy atom. The molecule has 0 aromatic carbocycles. The van der Waals surface area contributed by atoms with E-state index in [0.717, 1.165) is 24.6 Å². The van der Waals surface area contributed by atoms with Gasteiger partial charge in [-0.05, 0) is 40.0 Å². The van der Waals surface area contributed by atoms with Crippen molar-refractivity contribution < 1.29 is 8.42 Å². The van der Waals surface area contributed by atoms with Gasteiger partial charge in [0.15, 0.2) is 5.03 Å². The van der Waals surface area contributed by atoms with Gasteiger partial charge in [0.25, 0.3) is 10.0 Å². The molecule has 1 fully saturated rings. The van der Waals surface area contributed by atoms with E-state index in [9.17, 15) is 8.42 Å². The number of imidazole rings is 1. The number of aryl methyl sites for hydroxylation is 3. The summed E-state index contributed by atoms with van der Waals surface area (Å²) in [5.41, 5.74) is 0.888. The minimum Gasteiger partial charge on any atom is -0.356 e. The lowest BCUT2D eigenvalue weighted by molar-refractivity contribution is 0.573. The molecule has 154 valence electrons. The molecule has 1 saturated heterocycles. The topological polar surface area (TPSA) is 105 Å². The van der Waals surface area contributed by atoms with Crippen LogP contribution in [0.3, 0.4) is 0 Å². The molecule has 3 heterocycles. The quantitative estimate of drug-likeness (QED) is 0.642. The number of hydrogen-bond acceptors (Lipinski definition) is 7. The van der Waals surface area contributed by atoms with Crippen LogP contribution in [-0.2, 0) is 16.6 Å². The van der Waals surface area contributed by atoms with Gasteiger partial charge in [-0.25, -0.2) is 23.1 Å². The lowest BCUT2D eigenvalue weighted by Gasteiger charge is -2.28. The average Bonchev–Trinajstić information content (AvgIpc) is 3.07. The van der Waals surface area contributed by atoms with Crippen LogP contribution in [0.2, 0.25) is 0 Å². The van der Waals surface area contributed by atoms with Gasteiger partial charge in [0, 0.05) is 50.7 Å². The van der Waals surface area contributed by atoms with Crippen molar-refractivity contribution in [2.24, 2.45) is 0 Å². The Labute approximate surface area is 166 Å². The van der Waals surface area contributed by atoms with Crippen molar-refractivity contribution >= 4 is 21.8 Å². The Morgan fingerprint density at radius 3 is 2.50 bits per heavy atom. The van der Waals surface area contributed by atoms with Gasteiger partial charge in [0.1, 0.15) is 11.6 Å². The second-order valence-corrected chi connectivity index (χ2v) is 8.69. The summed E-state index contributed by atoms with van der Waals surface area (Å²) in [5, 5.41) is 3.16. The minimum absolute atomic E-state index is 0.0473. The normalized spacial score (nSPS) is 15.0. The highest BCUT2D eigenvalue weighted by Crippen LogP contribution is 2.19. The summed E-state index contributed by atoms with van der Waals surface area (Å²) in [7, 11) is -3.63. The molecule has 3 rings (SSSR count). The zero-order valence-electron chi connectivity index (χ0n) is 16.8. The maximum absolute atomic E-state index is 12.4. The Morgan fingerprint density at radius 1 is 1.07 bits per heavy atom. The van der Waals surface area contributed by atoms with E-state index < -0.39 is 10.0 Å². The summed E-state index contributed by atoms with van der Waals surface area (Å²) in [4.78, 5) is 15.4. The second-order valence-electron chi connectivity index (χ2n) is 6.98. The van der Waals surface area contributed by atoms with Gasteiger partial charge in [-0.1, -0.05) is 0 Å². The standard InChI is InChI=1S/C18H29N7O2S/c1-4-24-13-17(22-15(24)3)28(26,27)20-9-8-19-18-21-14(2)12-16(23-18)25-10-6-5-7-11-25/h12-13,20H,4-11H2,1-3H3,(H,19,21,23). The molecule has 1 aliphatic rings. The van der Waals surface area contributed by atoms with Gasteiger partial charge >= 0.3 is 0 Å². The van der Waals surface area contributed by atoms with E-state index >= 15 is 0 Å². The summed E-state index contributed by atoms with van der Waals surface area (Å²) >= 11 is 0. The van der Waals surface area contributed by atoms with E-state index in [-0.39, 0.29) is 11.6 Å². The van der Waals surface area contributed by atoms with Gasteiger partial charge in [0.05, 0.1) is 0 Å². The number of sulfonamides is 1. The van der Waals surface area contributed by atoms with E-state index in [0.29, 0.717) is 24.9 Å². The Balaban J connectivity index is 1.56. The van der Waals surface area contributed by atoms with Crippen molar-refractivity contribution in [1.82, 2.24) is 24.2 Å². The third kappa shape index (κ3) is 4.99. The first kappa shape index (κ1) is 20.5. The van der Waals surface area contributed by atoms with Gasteiger partial charge in [-0.15, -0.1) is 0 Å². The predicted octanol–water partition coefficient (Wildman–Crippen LogP) is 1.69. The highest BCUT2D eigenvalue weighted by Gasteiger charge is 2.18. The molecule has 0 unspecified atom stereocenters. The molecular weight excluding hydrogens is 378 g/mol. The van der Waals surface area contributed by atoms with Crippen molar-refractivity contribution in [3.8, 4) is 0 Å². The summed E-state index contributed by atoms with van der Waals surface area (Å²) in [6.45, 7) is 8.99. The van der Waals surface area contributed by atoms with Crippen molar-refractivity contribution in [1.29, 1.82) is 0 Å². The second kappa shape index (κ2) is 8.87. The van der Waals surface area contributed by atoms with Crippen molar-refractivity contribution in [2.75, 3.05) is 36.4 Å². The molecular formula is C18H29N7O2S. The third-order valence-corrected chi connectivity index (χ3v) is 6.12. The molecule has 28 heavy (non-hydrogen) atoms. The van der Waals surface area contributed by atoms with Crippen LogP contribution < -0.4 is 14.9 Å². The van der Waals surface area contributed by atoms with Gasteiger partial charge < -0.3 is 14.8 Å². The van der Waals surface area contributed by atoms with Crippen LogP contribution in [0.4, 0.5) is 11.8 Å². The van der Waals surface area contributed by atoms with Crippen LogP contribution >= 0.6 is 0 Å². The molecule has 0 spiro atoms. The highest BCUT2D eigenvalue weighted by molar-refractivity contribution is 7.89. The van der Waals surface area contributed by atoms with Crippen molar-refractivity contribution in [3.63, 3.8) is 0 Å². The summed E-state index contributed by atoms with van der Waals surface area (Å²) in [6, 6.07) is 1.99. The van der Waals surface area contributed by atoms with Crippen LogP contribution in [-0.4, -0.2) is 54.1 Å². The number of aromatic nitrogens is 4. The number of nitrogens with one attached hydrogen (secondary N) is 2. The number of rotatable bonds is 8. The fraction of sp³-hybridized carbons (Fsp3) is 0.611. The lowest BCUT2D eigenvalue weighted by Crippen LogP contribution is -2.31. The predicted molar refractivity (Wildman–Crippen MR) is 109 cm³/mol. The molecule has 0 amide bonds. The molecule has 10 heteroatoms. The van der Waals surface area contributed by atoms with E-state index in [4.69, 9.17) is 0 Å². The molecule has 9 nitrogen and oxygen atoms in total. The van der Waals surface area contributed by atoms with Crippen LogP contribution in [0, 0.1) is 13.8 Å². The van der Waals surface area contributed by atoms with Gasteiger partial charge in [-0.3, -0.25) is 0 Å². The molecule has 2 aromatic rings. The molecule has 0 saturated carbocycles. The molecule has 2 aromatic heterocycles. The van der Waals surface area contributed by atoms with Crippen LogP contribution in [0.1, 0.15) is 37.7 Å². The van der Waals surface area contributed by atoms with E-state index in [1.54, 1.807) is 17.7 Å². The lowest BCUT2D eigenvalue weighted by atomic mass is 10.1. The van der Waals surface area contributed by atoms with Crippen LogP contribution in [0.25, 0.3) is 0 Å². The fourth-order valence-electron chi connectivity index (χ4n) is 3.28. The average molecular weight is 408 g/mol. The molecule has 1 aliphatic heterocycles. The molecule has 0 radical (unpaired) electrons. The summed E-state index contributed by atoms with van der Waals surface area (Å²) < 4.78 is 29.1. The third-order valence-electron chi connectivity index (χ3n) is 4.79. The fourth-order valence-corrected chi connectivity index (χ4v) is 4.32. The number of piperidine rings is 1. The van der Waals surface area contributed by atoms with Crippen molar-refractivity contribution in [2.45, 2.75) is 51.6 Å². The Kier molecular flexibility index (Phi) is 6.50. The maximum atomic E-state index is 12.4. The number of hydrogen-bond donors (Lipinski definition) is 2. The minimum atomic E-state index is -3.63. The van der Waals surface area contributed by atoms with Crippen molar-refractivity contribution in [3.05, 3.63) is 23.8 Å². The smallest absolute Gasteiger partial charge is 0.259 e. The van der Waals surface area contributed by atoms with E-state index in [1.165, 1.54) is 19.3 Å².